The molecule has 3 rings (SSSR count). The van der Waals surface area contributed by atoms with E-state index in [0.717, 1.165) is 23.4 Å². The summed E-state index contributed by atoms with van der Waals surface area (Å²) in [6.07, 6.45) is -3.88. The maximum absolute atomic E-state index is 12.9. The molecule has 29 heavy (non-hydrogen) atoms. The van der Waals surface area contributed by atoms with E-state index >= 15 is 0 Å². The molecule has 1 aromatic carbocycles. The van der Waals surface area contributed by atoms with Gasteiger partial charge in [-0.3, -0.25) is 14.3 Å². The molecule has 0 spiro atoms. The number of rotatable bonds is 6. The van der Waals surface area contributed by atoms with Gasteiger partial charge in [0.2, 0.25) is 5.91 Å². The molecule has 1 heterocycles. The van der Waals surface area contributed by atoms with Crippen molar-refractivity contribution in [3.63, 3.8) is 0 Å². The number of methoxy groups -OCH3 is 1. The normalized spacial score (nSPS) is 18.4. The Morgan fingerprint density at radius 1 is 1.31 bits per heavy atom. The van der Waals surface area contributed by atoms with Crippen molar-refractivity contribution >= 4 is 11.9 Å². The molecule has 0 radical (unpaired) electrons. The Morgan fingerprint density at radius 3 is 2.69 bits per heavy atom. The minimum Gasteiger partial charge on any atom is -0.468 e. The van der Waals surface area contributed by atoms with Gasteiger partial charge in [0.25, 0.3) is 0 Å². The van der Waals surface area contributed by atoms with Gasteiger partial charge in [-0.2, -0.15) is 18.3 Å². The summed E-state index contributed by atoms with van der Waals surface area (Å²) in [7, 11) is 1.30. The Labute approximate surface area is 166 Å². The van der Waals surface area contributed by atoms with Crippen LogP contribution in [-0.2, 0) is 33.6 Å². The van der Waals surface area contributed by atoms with E-state index < -0.39 is 17.7 Å². The van der Waals surface area contributed by atoms with Crippen LogP contribution in [-0.4, -0.2) is 28.8 Å². The highest BCUT2D eigenvalue weighted by Crippen LogP contribution is 2.48. The summed E-state index contributed by atoms with van der Waals surface area (Å²) in [5, 5.41) is 7.13. The number of carbonyl (C=O) groups is 2. The molecule has 2 atom stereocenters. The molecule has 1 fully saturated rings. The van der Waals surface area contributed by atoms with Crippen molar-refractivity contribution in [1.29, 1.82) is 0 Å². The number of hydrogen-bond acceptors (Lipinski definition) is 4. The van der Waals surface area contributed by atoms with Crippen molar-refractivity contribution in [2.45, 2.75) is 45.5 Å². The van der Waals surface area contributed by atoms with Crippen LogP contribution in [0.5, 0.6) is 0 Å². The summed E-state index contributed by atoms with van der Waals surface area (Å²) in [6, 6.07) is 5.13. The lowest BCUT2D eigenvalue weighted by molar-refractivity contribution is -0.141. The molecule has 0 aliphatic heterocycles. The molecule has 1 aliphatic rings. The Morgan fingerprint density at radius 2 is 2.03 bits per heavy atom. The fraction of sp³-hybridized carbons (Fsp3) is 0.450. The number of aromatic nitrogens is 2. The summed E-state index contributed by atoms with van der Waals surface area (Å²) in [5.74, 6) is -1.18. The van der Waals surface area contributed by atoms with Gasteiger partial charge >= 0.3 is 12.1 Å². The van der Waals surface area contributed by atoms with Gasteiger partial charge in [-0.1, -0.05) is 18.2 Å². The van der Waals surface area contributed by atoms with Crippen LogP contribution in [0.3, 0.4) is 0 Å². The average molecular weight is 409 g/mol. The zero-order chi connectivity index (χ0) is 21.3. The van der Waals surface area contributed by atoms with Crippen molar-refractivity contribution < 1.29 is 27.5 Å². The van der Waals surface area contributed by atoms with E-state index in [0.29, 0.717) is 17.7 Å². The molecule has 9 heteroatoms. The van der Waals surface area contributed by atoms with E-state index in [9.17, 15) is 22.8 Å². The number of benzene rings is 1. The predicted molar refractivity (Wildman–Crippen MR) is 97.9 cm³/mol. The van der Waals surface area contributed by atoms with Crippen LogP contribution >= 0.6 is 0 Å². The maximum Gasteiger partial charge on any atom is 0.416 e. The molecule has 0 saturated heterocycles. The molecular weight excluding hydrogens is 387 g/mol. The second-order valence-electron chi connectivity index (χ2n) is 7.17. The molecule has 6 nitrogen and oxygen atoms in total. The Hall–Kier alpha value is -2.84. The third-order valence-corrected chi connectivity index (χ3v) is 5.25. The first kappa shape index (κ1) is 20.9. The quantitative estimate of drug-likeness (QED) is 0.744. The smallest absolute Gasteiger partial charge is 0.416 e. The standard InChI is InChI=1S/C20H22F3N3O3/c1-11-17(12(2)26(25-11)10-18(27)29-3)9-24-19(28)16-8-15(16)13-5-4-6-14(7-13)20(21,22)23/h4-7,15-16H,8-10H2,1-3H3,(H,24,28). The third kappa shape index (κ3) is 4.60. The first-order valence-corrected chi connectivity index (χ1v) is 9.16. The van der Waals surface area contributed by atoms with Gasteiger partial charge in [-0.05, 0) is 37.8 Å². The molecule has 1 aliphatic carbocycles. The minimum absolute atomic E-state index is 0.0165. The number of halogens is 3. The van der Waals surface area contributed by atoms with E-state index in [-0.39, 0.29) is 30.8 Å². The summed E-state index contributed by atoms with van der Waals surface area (Å²) in [5.41, 5.74) is 2.07. The maximum atomic E-state index is 12.9. The second-order valence-corrected chi connectivity index (χ2v) is 7.17. The van der Waals surface area contributed by atoms with Crippen molar-refractivity contribution in [3.05, 3.63) is 52.3 Å². The molecule has 2 unspecified atom stereocenters. The number of carbonyl (C=O) groups excluding carboxylic acids is 2. The van der Waals surface area contributed by atoms with Crippen LogP contribution in [0.25, 0.3) is 0 Å². The highest BCUT2D eigenvalue weighted by molar-refractivity contribution is 5.83. The fourth-order valence-electron chi connectivity index (χ4n) is 3.44. The van der Waals surface area contributed by atoms with E-state index in [4.69, 9.17) is 0 Å². The van der Waals surface area contributed by atoms with Crippen molar-refractivity contribution in [3.8, 4) is 0 Å². The van der Waals surface area contributed by atoms with E-state index in [1.165, 1.54) is 17.9 Å². The number of ether oxygens (including phenoxy) is 1. The molecule has 156 valence electrons. The van der Waals surface area contributed by atoms with Crippen molar-refractivity contribution in [1.82, 2.24) is 15.1 Å². The van der Waals surface area contributed by atoms with Crippen molar-refractivity contribution in [2.75, 3.05) is 7.11 Å². The highest BCUT2D eigenvalue weighted by Gasteiger charge is 2.44. The number of esters is 1. The van der Waals surface area contributed by atoms with Gasteiger partial charge < -0.3 is 10.1 Å². The summed E-state index contributed by atoms with van der Waals surface area (Å²) < 4.78 is 44.8. The Balaban J connectivity index is 1.61. The zero-order valence-corrected chi connectivity index (χ0v) is 16.3. The number of nitrogens with one attached hydrogen (secondary N) is 1. The summed E-state index contributed by atoms with van der Waals surface area (Å²) >= 11 is 0. The van der Waals surface area contributed by atoms with Gasteiger partial charge in [0, 0.05) is 23.7 Å². The van der Waals surface area contributed by atoms with E-state index in [2.05, 4.69) is 15.2 Å². The largest absolute Gasteiger partial charge is 0.468 e. The topological polar surface area (TPSA) is 73.2 Å². The molecule has 2 aromatic rings. The fourth-order valence-corrected chi connectivity index (χ4v) is 3.44. The van der Waals surface area contributed by atoms with Crippen LogP contribution in [0.4, 0.5) is 13.2 Å². The van der Waals surface area contributed by atoms with Crippen LogP contribution in [0.1, 0.15) is 40.4 Å². The molecule has 1 saturated carbocycles. The number of alkyl halides is 3. The van der Waals surface area contributed by atoms with Gasteiger partial charge in [0.05, 0.1) is 18.4 Å². The second kappa shape index (κ2) is 7.88. The number of hydrogen-bond donors (Lipinski definition) is 1. The van der Waals surface area contributed by atoms with Crippen molar-refractivity contribution in [2.24, 2.45) is 5.92 Å². The third-order valence-electron chi connectivity index (χ3n) is 5.25. The molecule has 1 aromatic heterocycles. The van der Waals surface area contributed by atoms with Gasteiger partial charge in [-0.15, -0.1) is 0 Å². The number of nitrogens with zero attached hydrogens (tertiary/aromatic N) is 2. The van der Waals surface area contributed by atoms with Gasteiger partial charge in [0.15, 0.2) is 0 Å². The summed E-state index contributed by atoms with van der Waals surface area (Å²) in [6.45, 7) is 3.80. The van der Waals surface area contributed by atoms with E-state index in [1.807, 2.05) is 0 Å². The SMILES string of the molecule is COC(=O)Cn1nc(C)c(CNC(=O)C2CC2c2cccc(C(F)(F)F)c2)c1C. The lowest BCUT2D eigenvalue weighted by Crippen LogP contribution is -2.25. The van der Waals surface area contributed by atoms with Crippen LogP contribution in [0.2, 0.25) is 0 Å². The van der Waals surface area contributed by atoms with Crippen LogP contribution in [0, 0.1) is 19.8 Å². The predicted octanol–water partition coefficient (Wildman–Crippen LogP) is 3.11. The van der Waals surface area contributed by atoms with Gasteiger partial charge in [-0.25, -0.2) is 0 Å². The summed E-state index contributed by atoms with van der Waals surface area (Å²) in [4.78, 5) is 23.9. The van der Waals surface area contributed by atoms with E-state index in [1.54, 1.807) is 19.9 Å². The first-order chi connectivity index (χ1) is 13.6. The monoisotopic (exact) mass is 409 g/mol. The Kier molecular flexibility index (Phi) is 5.68. The van der Waals surface area contributed by atoms with Gasteiger partial charge in [0.1, 0.15) is 6.54 Å². The molecule has 1 N–H and O–H groups in total. The zero-order valence-electron chi connectivity index (χ0n) is 16.3. The lowest BCUT2D eigenvalue weighted by Gasteiger charge is -2.09. The first-order valence-electron chi connectivity index (χ1n) is 9.16. The number of aryl methyl sites for hydroxylation is 1. The minimum atomic E-state index is -4.40. The molecular formula is C20H22F3N3O3. The Bertz CT molecular complexity index is 937. The highest BCUT2D eigenvalue weighted by atomic mass is 19.4. The molecule has 0 bridgehead atoms. The lowest BCUT2D eigenvalue weighted by atomic mass is 10.1. The number of amides is 1. The molecule has 1 amide bonds. The van der Waals surface area contributed by atoms with Crippen LogP contribution < -0.4 is 5.32 Å². The average Bonchev–Trinajstić information content (AvgIpc) is 3.42. The van der Waals surface area contributed by atoms with Crippen LogP contribution in [0.15, 0.2) is 24.3 Å².